The molecule has 4 nitrogen and oxygen atoms in total. The fourth-order valence-corrected chi connectivity index (χ4v) is 2.02. The number of likely N-dealkylation sites (N-methyl/N-ethyl adjacent to an activating group) is 2. The van der Waals surface area contributed by atoms with Crippen molar-refractivity contribution in [3.05, 3.63) is 23.8 Å². The van der Waals surface area contributed by atoms with Crippen LogP contribution in [0.15, 0.2) is 18.2 Å². The zero-order valence-electron chi connectivity index (χ0n) is 11.2. The van der Waals surface area contributed by atoms with Gasteiger partial charge in [0.15, 0.2) is 11.5 Å². The van der Waals surface area contributed by atoms with E-state index in [0.717, 1.165) is 37.7 Å². The lowest BCUT2D eigenvalue weighted by molar-refractivity contribution is 0.171. The predicted octanol–water partition coefficient (Wildman–Crippen LogP) is 1.50. The van der Waals surface area contributed by atoms with Gasteiger partial charge in [-0.25, -0.2) is 0 Å². The number of ether oxygens (including phenoxy) is 2. The Kier molecular flexibility index (Phi) is 4.84. The van der Waals surface area contributed by atoms with Crippen molar-refractivity contribution in [1.29, 1.82) is 0 Å². The fraction of sp³-hybridized carbons (Fsp3) is 0.571. The first-order valence-corrected chi connectivity index (χ1v) is 6.57. The maximum Gasteiger partial charge on any atom is 0.161 e. The molecule has 0 radical (unpaired) electrons. The second-order valence-corrected chi connectivity index (χ2v) is 4.57. The minimum absolute atomic E-state index is 0.646. The van der Waals surface area contributed by atoms with Crippen molar-refractivity contribution in [2.24, 2.45) is 0 Å². The minimum Gasteiger partial charge on any atom is -0.486 e. The standard InChI is InChI=1S/C14H22N2O2/c1-3-15-6-7-16(2)11-12-4-5-13-14(10-12)18-9-8-17-13/h4-5,10,15H,3,6-9,11H2,1-2H3. The molecule has 18 heavy (non-hydrogen) atoms. The van der Waals surface area contributed by atoms with E-state index < -0.39 is 0 Å². The molecule has 0 bridgehead atoms. The molecular formula is C14H22N2O2. The van der Waals surface area contributed by atoms with Crippen molar-refractivity contribution >= 4 is 0 Å². The van der Waals surface area contributed by atoms with E-state index in [1.165, 1.54) is 5.56 Å². The van der Waals surface area contributed by atoms with Crippen molar-refractivity contribution in [2.75, 3.05) is 39.9 Å². The van der Waals surface area contributed by atoms with Gasteiger partial charge >= 0.3 is 0 Å². The summed E-state index contributed by atoms with van der Waals surface area (Å²) in [6, 6.07) is 6.19. The lowest BCUT2D eigenvalue weighted by atomic mass is 10.2. The summed E-state index contributed by atoms with van der Waals surface area (Å²) in [6.45, 7) is 7.45. The predicted molar refractivity (Wildman–Crippen MR) is 72.3 cm³/mol. The van der Waals surface area contributed by atoms with E-state index in [1.807, 2.05) is 6.07 Å². The molecule has 1 aromatic carbocycles. The van der Waals surface area contributed by atoms with Crippen LogP contribution in [-0.4, -0.2) is 44.8 Å². The Balaban J connectivity index is 1.89. The number of nitrogens with zero attached hydrogens (tertiary/aromatic N) is 1. The number of benzene rings is 1. The van der Waals surface area contributed by atoms with Gasteiger partial charge in [-0.05, 0) is 31.3 Å². The highest BCUT2D eigenvalue weighted by atomic mass is 16.6. The topological polar surface area (TPSA) is 33.7 Å². The molecule has 1 aliphatic rings. The summed E-state index contributed by atoms with van der Waals surface area (Å²) in [5, 5.41) is 3.33. The third-order valence-electron chi connectivity index (χ3n) is 2.98. The molecule has 2 rings (SSSR count). The van der Waals surface area contributed by atoms with Gasteiger partial charge in [0.05, 0.1) is 0 Å². The number of fused-ring (bicyclic) bond motifs is 1. The summed E-state index contributed by atoms with van der Waals surface area (Å²) >= 11 is 0. The van der Waals surface area contributed by atoms with Gasteiger partial charge in [-0.2, -0.15) is 0 Å². The Morgan fingerprint density at radius 2 is 2.00 bits per heavy atom. The number of hydrogen-bond acceptors (Lipinski definition) is 4. The lowest BCUT2D eigenvalue weighted by Gasteiger charge is -2.21. The highest BCUT2D eigenvalue weighted by molar-refractivity contribution is 5.43. The molecule has 0 unspecified atom stereocenters. The van der Waals surface area contributed by atoms with E-state index in [2.05, 4.69) is 36.3 Å². The Morgan fingerprint density at radius 1 is 1.22 bits per heavy atom. The highest BCUT2D eigenvalue weighted by Crippen LogP contribution is 2.30. The number of rotatable bonds is 6. The van der Waals surface area contributed by atoms with Gasteiger partial charge in [-0.1, -0.05) is 13.0 Å². The molecule has 0 aromatic heterocycles. The van der Waals surface area contributed by atoms with E-state index in [4.69, 9.17) is 9.47 Å². The molecule has 0 fully saturated rings. The zero-order valence-corrected chi connectivity index (χ0v) is 11.2. The molecule has 0 aliphatic carbocycles. The van der Waals surface area contributed by atoms with Crippen molar-refractivity contribution < 1.29 is 9.47 Å². The summed E-state index contributed by atoms with van der Waals surface area (Å²) < 4.78 is 11.1. The zero-order chi connectivity index (χ0) is 12.8. The van der Waals surface area contributed by atoms with Crippen LogP contribution in [-0.2, 0) is 6.54 Å². The number of hydrogen-bond donors (Lipinski definition) is 1. The van der Waals surface area contributed by atoms with Crippen LogP contribution in [0, 0.1) is 0 Å². The van der Waals surface area contributed by atoms with Crippen LogP contribution in [0.5, 0.6) is 11.5 Å². The largest absolute Gasteiger partial charge is 0.486 e. The monoisotopic (exact) mass is 250 g/mol. The van der Waals surface area contributed by atoms with Crippen LogP contribution in [0.4, 0.5) is 0 Å². The third kappa shape index (κ3) is 3.62. The average molecular weight is 250 g/mol. The Hall–Kier alpha value is -1.26. The second kappa shape index (κ2) is 6.61. The maximum atomic E-state index is 5.59. The number of nitrogens with one attached hydrogen (secondary N) is 1. The third-order valence-corrected chi connectivity index (χ3v) is 2.98. The maximum absolute atomic E-state index is 5.59. The molecule has 0 atom stereocenters. The Morgan fingerprint density at radius 3 is 2.78 bits per heavy atom. The first-order chi connectivity index (χ1) is 8.79. The van der Waals surface area contributed by atoms with Crippen molar-refractivity contribution in [2.45, 2.75) is 13.5 Å². The van der Waals surface area contributed by atoms with Gasteiger partial charge in [0.25, 0.3) is 0 Å². The van der Waals surface area contributed by atoms with Crippen molar-refractivity contribution in [3.8, 4) is 11.5 Å². The first-order valence-electron chi connectivity index (χ1n) is 6.57. The molecule has 0 saturated carbocycles. The van der Waals surface area contributed by atoms with E-state index in [1.54, 1.807) is 0 Å². The van der Waals surface area contributed by atoms with E-state index in [-0.39, 0.29) is 0 Å². The average Bonchev–Trinajstić information content (AvgIpc) is 2.39. The summed E-state index contributed by atoms with van der Waals surface area (Å²) in [4.78, 5) is 2.30. The fourth-order valence-electron chi connectivity index (χ4n) is 2.02. The van der Waals surface area contributed by atoms with E-state index >= 15 is 0 Å². The van der Waals surface area contributed by atoms with Crippen molar-refractivity contribution in [3.63, 3.8) is 0 Å². The molecule has 4 heteroatoms. The van der Waals surface area contributed by atoms with Crippen LogP contribution in [0.1, 0.15) is 12.5 Å². The van der Waals surface area contributed by atoms with Crippen LogP contribution >= 0.6 is 0 Å². The van der Waals surface area contributed by atoms with Gasteiger partial charge in [0.2, 0.25) is 0 Å². The summed E-state index contributed by atoms with van der Waals surface area (Å²) in [5.41, 5.74) is 1.26. The van der Waals surface area contributed by atoms with Crippen LogP contribution in [0.3, 0.4) is 0 Å². The molecule has 1 N–H and O–H groups in total. The molecule has 1 aliphatic heterocycles. The van der Waals surface area contributed by atoms with Crippen molar-refractivity contribution in [1.82, 2.24) is 10.2 Å². The van der Waals surface area contributed by atoms with Gasteiger partial charge in [0, 0.05) is 19.6 Å². The molecule has 0 spiro atoms. The quantitative estimate of drug-likeness (QED) is 0.776. The minimum atomic E-state index is 0.646. The van der Waals surface area contributed by atoms with Gasteiger partial charge < -0.3 is 19.7 Å². The molecule has 1 aromatic rings. The second-order valence-electron chi connectivity index (χ2n) is 4.57. The Bertz CT molecular complexity index is 382. The van der Waals surface area contributed by atoms with E-state index in [9.17, 15) is 0 Å². The molecular weight excluding hydrogens is 228 g/mol. The lowest BCUT2D eigenvalue weighted by Crippen LogP contribution is -2.28. The van der Waals surface area contributed by atoms with Gasteiger partial charge in [-0.15, -0.1) is 0 Å². The first kappa shape index (κ1) is 13.2. The summed E-state index contributed by atoms with van der Waals surface area (Å²) in [7, 11) is 2.13. The Labute approximate surface area is 109 Å². The SMILES string of the molecule is CCNCCN(C)Cc1ccc2c(c1)OCCO2. The molecule has 100 valence electrons. The summed E-state index contributed by atoms with van der Waals surface area (Å²) in [6.07, 6.45) is 0. The molecule has 1 heterocycles. The van der Waals surface area contributed by atoms with E-state index in [0.29, 0.717) is 13.2 Å². The smallest absolute Gasteiger partial charge is 0.161 e. The van der Waals surface area contributed by atoms with Gasteiger partial charge in [0.1, 0.15) is 13.2 Å². The summed E-state index contributed by atoms with van der Waals surface area (Å²) in [5.74, 6) is 1.74. The van der Waals surface area contributed by atoms with Crippen LogP contribution in [0.25, 0.3) is 0 Å². The normalized spacial score (nSPS) is 13.9. The van der Waals surface area contributed by atoms with Gasteiger partial charge in [-0.3, -0.25) is 0 Å². The van der Waals surface area contributed by atoms with Crippen LogP contribution < -0.4 is 14.8 Å². The van der Waals surface area contributed by atoms with Crippen LogP contribution in [0.2, 0.25) is 0 Å². The highest BCUT2D eigenvalue weighted by Gasteiger charge is 2.12. The molecule has 0 saturated heterocycles. The molecule has 0 amide bonds.